The average molecular weight is 268 g/mol. The smallest absolute Gasteiger partial charge is 0.337 e. The van der Waals surface area contributed by atoms with E-state index in [0.717, 1.165) is 5.56 Å². The molecule has 0 saturated carbocycles. The second kappa shape index (κ2) is 5.13. The summed E-state index contributed by atoms with van der Waals surface area (Å²) in [6, 6.07) is 1.42. The highest BCUT2D eigenvalue weighted by Gasteiger charge is 2.40. The van der Waals surface area contributed by atoms with Gasteiger partial charge in [0.25, 0.3) is 0 Å². The number of carbonyl (C=O) groups excluding carboxylic acids is 1. The Morgan fingerprint density at radius 1 is 1.53 bits per heavy atom. The first-order chi connectivity index (χ1) is 8.96. The summed E-state index contributed by atoms with van der Waals surface area (Å²) in [5.74, 6) is -0.284. The third-order valence-corrected chi connectivity index (χ3v) is 3.47. The molecule has 0 spiro atoms. The summed E-state index contributed by atoms with van der Waals surface area (Å²) in [4.78, 5) is 17.5. The van der Waals surface area contributed by atoms with Gasteiger partial charge in [-0.1, -0.05) is 0 Å². The number of hydrogen-bond donors (Lipinski definition) is 1. The Morgan fingerprint density at radius 2 is 2.16 bits per heavy atom. The molecule has 104 valence electrons. The highest BCUT2D eigenvalue weighted by atomic mass is 19.1. The van der Waals surface area contributed by atoms with Gasteiger partial charge in [-0.3, -0.25) is 0 Å². The molecule has 19 heavy (non-hydrogen) atoms. The number of halogens is 1. The van der Waals surface area contributed by atoms with Crippen LogP contribution in [0.25, 0.3) is 0 Å². The number of anilines is 1. The lowest BCUT2D eigenvalue weighted by Crippen LogP contribution is -2.50. The van der Waals surface area contributed by atoms with Crippen molar-refractivity contribution >= 4 is 11.8 Å². The molecule has 0 bridgehead atoms. The monoisotopic (exact) mass is 268 g/mol. The molecule has 1 aromatic rings. The number of ether oxygens (including phenoxy) is 1. The molecule has 0 atom stereocenters. The predicted octanol–water partition coefficient (Wildman–Crippen LogP) is 1.03. The fraction of sp³-hybridized carbons (Fsp3) is 0.538. The number of aliphatic hydroxyl groups is 1. The minimum Gasteiger partial charge on any atom is -0.467 e. The van der Waals surface area contributed by atoms with Gasteiger partial charge in [-0.15, -0.1) is 0 Å². The standard InChI is InChI=1S/C13H17FN2O3/c1-9-7-10(14)8-15-11(9)16-5-3-13(18,4-6-16)12(17)19-2/h7-8,18H,3-6H2,1-2H3. The van der Waals surface area contributed by atoms with Crippen molar-refractivity contribution in [1.82, 2.24) is 4.98 Å². The second-order valence-electron chi connectivity index (χ2n) is 4.80. The van der Waals surface area contributed by atoms with Crippen LogP contribution >= 0.6 is 0 Å². The van der Waals surface area contributed by atoms with Gasteiger partial charge >= 0.3 is 5.97 Å². The first-order valence-electron chi connectivity index (χ1n) is 6.14. The lowest BCUT2D eigenvalue weighted by Gasteiger charge is -2.37. The van der Waals surface area contributed by atoms with Crippen molar-refractivity contribution in [3.05, 3.63) is 23.6 Å². The molecule has 1 aliphatic heterocycles. The highest BCUT2D eigenvalue weighted by molar-refractivity contribution is 5.79. The van der Waals surface area contributed by atoms with Crippen LogP contribution in [0.4, 0.5) is 10.2 Å². The van der Waals surface area contributed by atoms with E-state index in [1.54, 1.807) is 6.92 Å². The SMILES string of the molecule is COC(=O)C1(O)CCN(c2ncc(F)cc2C)CC1. The molecule has 0 radical (unpaired) electrons. The van der Waals surface area contributed by atoms with Crippen LogP contribution in [-0.4, -0.2) is 41.9 Å². The number of rotatable bonds is 2. The Hall–Kier alpha value is -1.69. The zero-order valence-corrected chi connectivity index (χ0v) is 11.0. The molecule has 2 heterocycles. The van der Waals surface area contributed by atoms with E-state index >= 15 is 0 Å². The maximum absolute atomic E-state index is 13.0. The summed E-state index contributed by atoms with van der Waals surface area (Å²) in [6.07, 6.45) is 1.72. The number of hydrogen-bond acceptors (Lipinski definition) is 5. The minimum atomic E-state index is -1.42. The van der Waals surface area contributed by atoms with Crippen molar-refractivity contribution in [1.29, 1.82) is 0 Å². The summed E-state index contributed by atoms with van der Waals surface area (Å²) in [5, 5.41) is 10.1. The summed E-state index contributed by atoms with van der Waals surface area (Å²) < 4.78 is 17.6. The quantitative estimate of drug-likeness (QED) is 0.812. The normalized spacial score (nSPS) is 18.2. The summed E-state index contributed by atoms with van der Waals surface area (Å²) >= 11 is 0. The minimum absolute atomic E-state index is 0.276. The summed E-state index contributed by atoms with van der Waals surface area (Å²) in [7, 11) is 1.26. The van der Waals surface area contributed by atoms with Crippen molar-refractivity contribution in [2.45, 2.75) is 25.4 Å². The van der Waals surface area contributed by atoms with Gasteiger partial charge in [-0.2, -0.15) is 0 Å². The average Bonchev–Trinajstić information content (AvgIpc) is 2.39. The number of esters is 1. The van der Waals surface area contributed by atoms with Gasteiger partial charge in [0, 0.05) is 25.9 Å². The Balaban J connectivity index is 2.10. The topological polar surface area (TPSA) is 62.7 Å². The first-order valence-corrected chi connectivity index (χ1v) is 6.14. The van der Waals surface area contributed by atoms with Gasteiger partial charge in [-0.25, -0.2) is 14.2 Å². The second-order valence-corrected chi connectivity index (χ2v) is 4.80. The molecular formula is C13H17FN2O3. The van der Waals surface area contributed by atoms with Crippen molar-refractivity contribution in [2.75, 3.05) is 25.1 Å². The number of methoxy groups -OCH3 is 1. The number of pyridine rings is 1. The van der Waals surface area contributed by atoms with E-state index in [4.69, 9.17) is 0 Å². The summed E-state index contributed by atoms with van der Waals surface area (Å²) in [6.45, 7) is 2.74. The Labute approximate surface area is 111 Å². The van der Waals surface area contributed by atoms with E-state index in [1.165, 1.54) is 19.4 Å². The maximum Gasteiger partial charge on any atom is 0.337 e. The van der Waals surface area contributed by atoms with Crippen LogP contribution in [-0.2, 0) is 9.53 Å². The van der Waals surface area contributed by atoms with Crippen LogP contribution in [0.5, 0.6) is 0 Å². The van der Waals surface area contributed by atoms with E-state index in [1.807, 2.05) is 4.90 Å². The van der Waals surface area contributed by atoms with E-state index in [2.05, 4.69) is 9.72 Å². The van der Waals surface area contributed by atoms with Crippen LogP contribution in [0.15, 0.2) is 12.3 Å². The molecule has 1 aliphatic rings. The van der Waals surface area contributed by atoms with Gasteiger partial charge in [0.05, 0.1) is 13.3 Å². The molecule has 5 nitrogen and oxygen atoms in total. The lowest BCUT2D eigenvalue weighted by atomic mass is 9.91. The highest BCUT2D eigenvalue weighted by Crippen LogP contribution is 2.28. The molecule has 1 saturated heterocycles. The zero-order valence-electron chi connectivity index (χ0n) is 11.0. The number of piperidine rings is 1. The maximum atomic E-state index is 13.0. The van der Waals surface area contributed by atoms with Crippen LogP contribution in [0.3, 0.4) is 0 Å². The number of nitrogens with zero attached hydrogens (tertiary/aromatic N) is 2. The molecule has 2 rings (SSSR count). The van der Waals surface area contributed by atoms with E-state index in [-0.39, 0.29) is 18.7 Å². The van der Waals surface area contributed by atoms with E-state index in [0.29, 0.717) is 18.9 Å². The number of carbonyl (C=O) groups is 1. The van der Waals surface area contributed by atoms with Crippen molar-refractivity contribution in [3.8, 4) is 0 Å². The Bertz CT molecular complexity index is 485. The van der Waals surface area contributed by atoms with Crippen molar-refractivity contribution < 1.29 is 19.0 Å². The van der Waals surface area contributed by atoms with Gasteiger partial charge in [-0.05, 0) is 18.6 Å². The predicted molar refractivity (Wildman–Crippen MR) is 67.3 cm³/mol. The number of aromatic nitrogens is 1. The molecule has 0 unspecified atom stereocenters. The third kappa shape index (κ3) is 2.68. The fourth-order valence-electron chi connectivity index (χ4n) is 2.35. The molecular weight excluding hydrogens is 251 g/mol. The number of aryl methyl sites for hydroxylation is 1. The van der Waals surface area contributed by atoms with Gasteiger partial charge in [0.1, 0.15) is 11.6 Å². The fourth-order valence-corrected chi connectivity index (χ4v) is 2.35. The largest absolute Gasteiger partial charge is 0.467 e. The van der Waals surface area contributed by atoms with E-state index < -0.39 is 11.6 Å². The molecule has 1 aromatic heterocycles. The molecule has 1 fully saturated rings. The molecule has 0 amide bonds. The molecule has 0 aromatic carbocycles. The van der Waals surface area contributed by atoms with Crippen molar-refractivity contribution in [3.63, 3.8) is 0 Å². The Morgan fingerprint density at radius 3 is 2.68 bits per heavy atom. The van der Waals surface area contributed by atoms with Gasteiger partial charge in [0.15, 0.2) is 5.60 Å². The molecule has 6 heteroatoms. The van der Waals surface area contributed by atoms with Crippen LogP contribution in [0, 0.1) is 12.7 Å². The van der Waals surface area contributed by atoms with Gasteiger partial charge in [0.2, 0.25) is 0 Å². The van der Waals surface area contributed by atoms with Crippen LogP contribution < -0.4 is 4.90 Å². The van der Waals surface area contributed by atoms with Crippen molar-refractivity contribution in [2.24, 2.45) is 0 Å². The lowest BCUT2D eigenvalue weighted by molar-refractivity contribution is -0.164. The third-order valence-electron chi connectivity index (χ3n) is 3.47. The van der Waals surface area contributed by atoms with Crippen LogP contribution in [0.1, 0.15) is 18.4 Å². The van der Waals surface area contributed by atoms with E-state index in [9.17, 15) is 14.3 Å². The first kappa shape index (κ1) is 13.7. The zero-order chi connectivity index (χ0) is 14.0. The Kier molecular flexibility index (Phi) is 3.71. The molecule has 1 N–H and O–H groups in total. The summed E-state index contributed by atoms with van der Waals surface area (Å²) in [5.41, 5.74) is -0.678. The van der Waals surface area contributed by atoms with Crippen LogP contribution in [0.2, 0.25) is 0 Å². The molecule has 0 aliphatic carbocycles. The van der Waals surface area contributed by atoms with Gasteiger partial charge < -0.3 is 14.7 Å².